The Bertz CT molecular complexity index is 1700. The average Bonchev–Trinajstić information content (AvgIpc) is 3.65. The van der Waals surface area contributed by atoms with Crippen molar-refractivity contribution in [1.29, 1.82) is 0 Å². The second kappa shape index (κ2) is 11.4. The number of carbonyl (C=O) groups is 1. The molecule has 4 bridgehead atoms. The van der Waals surface area contributed by atoms with Crippen molar-refractivity contribution in [2.75, 3.05) is 0 Å². The number of carbonyl (C=O) groups excluding carboxylic acids is 1. The number of hydrogen-bond acceptors (Lipinski definition) is 6. The lowest BCUT2D eigenvalue weighted by molar-refractivity contribution is -0.160. The highest BCUT2D eigenvalue weighted by Gasteiger charge is 2.60. The number of phosphoric ester groups is 1. The molecular formula is C36H36FN2O5P. The van der Waals surface area contributed by atoms with Crippen LogP contribution in [0, 0.1) is 29.0 Å². The van der Waals surface area contributed by atoms with E-state index in [0.717, 1.165) is 41.6 Å². The lowest BCUT2D eigenvalue weighted by Gasteiger charge is -2.59. The number of phosphoric acid groups is 1. The molecule has 5 aliphatic rings. The fourth-order valence-corrected chi connectivity index (χ4v) is 10.2. The van der Waals surface area contributed by atoms with Gasteiger partial charge in [0.2, 0.25) is 0 Å². The highest BCUT2D eigenvalue weighted by Crippen LogP contribution is 2.65. The van der Waals surface area contributed by atoms with Crippen molar-refractivity contribution < 1.29 is 27.3 Å². The van der Waals surface area contributed by atoms with E-state index in [-0.39, 0.29) is 49.2 Å². The summed E-state index contributed by atoms with van der Waals surface area (Å²) in [6, 6.07) is 23.9. The van der Waals surface area contributed by atoms with Crippen molar-refractivity contribution in [3.05, 3.63) is 114 Å². The maximum Gasteiger partial charge on any atom is 0.475 e. The van der Waals surface area contributed by atoms with Crippen molar-refractivity contribution >= 4 is 13.6 Å². The molecule has 3 aromatic carbocycles. The minimum Gasteiger partial charge on any atom is -0.322 e. The first-order valence-corrected chi connectivity index (χ1v) is 17.4. The van der Waals surface area contributed by atoms with Gasteiger partial charge >= 0.3 is 7.82 Å². The van der Waals surface area contributed by atoms with Crippen LogP contribution in [-0.4, -0.2) is 21.4 Å². The molecule has 0 saturated heterocycles. The van der Waals surface area contributed by atoms with Gasteiger partial charge in [0, 0.05) is 23.0 Å². The van der Waals surface area contributed by atoms with Crippen molar-refractivity contribution in [2.24, 2.45) is 23.2 Å². The monoisotopic (exact) mass is 626 g/mol. The SMILES string of the molecule is O=C(CC1c2c(F)cccc2-c2cncn21)C12CC3CC(C1)C(OP(=O)(OCc1ccccc1)OCc1ccccc1)C(C3)C2. The van der Waals surface area contributed by atoms with Crippen LogP contribution >= 0.6 is 7.82 Å². The van der Waals surface area contributed by atoms with Gasteiger partial charge in [-0.15, -0.1) is 0 Å². The molecule has 1 aliphatic heterocycles. The van der Waals surface area contributed by atoms with E-state index in [0.29, 0.717) is 24.3 Å². The number of halogens is 1. The lowest BCUT2D eigenvalue weighted by Crippen LogP contribution is -2.56. The molecule has 0 amide bonds. The zero-order chi connectivity index (χ0) is 30.6. The summed E-state index contributed by atoms with van der Waals surface area (Å²) in [5.41, 5.74) is 3.52. The fraction of sp³-hybridized carbons (Fsp3) is 0.389. The minimum absolute atomic E-state index is 0.0746. The Kier molecular flexibility index (Phi) is 7.37. The van der Waals surface area contributed by atoms with Crippen LogP contribution in [0.2, 0.25) is 0 Å². The van der Waals surface area contributed by atoms with Crippen molar-refractivity contribution in [2.45, 2.75) is 63.9 Å². The molecule has 9 heteroatoms. The molecule has 4 aliphatic carbocycles. The summed E-state index contributed by atoms with van der Waals surface area (Å²) in [6.07, 6.45) is 7.43. The van der Waals surface area contributed by atoms with Gasteiger partial charge in [-0.3, -0.25) is 18.4 Å². The summed E-state index contributed by atoms with van der Waals surface area (Å²) < 4.78 is 49.7. The lowest BCUT2D eigenvalue weighted by atomic mass is 9.47. The number of imidazole rings is 1. The van der Waals surface area contributed by atoms with Crippen LogP contribution in [0.25, 0.3) is 11.3 Å². The standard InChI is InChI=1S/C36H36FN2O5P/c37-30-13-7-12-29-32-20-38-23-39(32)31(34(29)30)16-33(40)36-17-26-14-27(18-36)35(28(15-26)19-36)44-45(41,42-21-24-8-3-1-4-9-24)43-22-25-10-5-2-6-11-25/h1-13,20,23,26-28,31,35H,14-19,21-22H2. The maximum atomic E-state index is 15.1. The van der Waals surface area contributed by atoms with E-state index in [2.05, 4.69) is 4.98 Å². The number of aromatic nitrogens is 2. The van der Waals surface area contributed by atoms with E-state index < -0.39 is 19.3 Å². The van der Waals surface area contributed by atoms with Crippen LogP contribution in [0.4, 0.5) is 4.39 Å². The van der Waals surface area contributed by atoms with Gasteiger partial charge in [-0.05, 0) is 67.1 Å². The first-order chi connectivity index (χ1) is 21.9. The second-order valence-electron chi connectivity index (χ2n) is 13.3. The fourth-order valence-electron chi connectivity index (χ4n) is 8.79. The number of nitrogens with zero attached hydrogens (tertiary/aromatic N) is 2. The molecule has 45 heavy (non-hydrogen) atoms. The Labute approximate surface area is 262 Å². The Balaban J connectivity index is 1.01. The third-order valence-electron chi connectivity index (χ3n) is 10.5. The van der Waals surface area contributed by atoms with Crippen molar-refractivity contribution in [3.8, 4) is 11.3 Å². The first kappa shape index (κ1) is 29.0. The number of benzene rings is 3. The molecule has 7 nitrogen and oxygen atoms in total. The van der Waals surface area contributed by atoms with Gasteiger partial charge < -0.3 is 4.57 Å². The van der Waals surface area contributed by atoms with E-state index in [9.17, 15) is 9.36 Å². The number of rotatable bonds is 11. The van der Waals surface area contributed by atoms with Crippen LogP contribution in [0.5, 0.6) is 0 Å². The molecule has 4 saturated carbocycles. The predicted molar refractivity (Wildman–Crippen MR) is 166 cm³/mol. The van der Waals surface area contributed by atoms with Gasteiger partial charge in [0.05, 0.1) is 43.6 Å². The molecule has 9 rings (SSSR count). The van der Waals surface area contributed by atoms with Gasteiger partial charge in [0.1, 0.15) is 11.6 Å². The summed E-state index contributed by atoms with van der Waals surface area (Å²) in [6.45, 7) is 0.214. The summed E-state index contributed by atoms with van der Waals surface area (Å²) in [5.74, 6) is 0.466. The Morgan fingerprint density at radius 3 is 2.18 bits per heavy atom. The van der Waals surface area contributed by atoms with Gasteiger partial charge in [-0.2, -0.15) is 0 Å². The van der Waals surface area contributed by atoms with Gasteiger partial charge in [0.25, 0.3) is 0 Å². The molecule has 232 valence electrons. The summed E-state index contributed by atoms with van der Waals surface area (Å²) in [7, 11) is -3.96. The third-order valence-corrected chi connectivity index (χ3v) is 11.9. The molecule has 0 N–H and O–H groups in total. The molecule has 0 radical (unpaired) electrons. The normalized spacial score (nSPS) is 27.8. The molecule has 4 aromatic rings. The Hall–Kier alpha value is -3.42. The van der Waals surface area contributed by atoms with Crippen LogP contribution < -0.4 is 0 Å². The van der Waals surface area contributed by atoms with E-state index in [1.165, 1.54) is 6.07 Å². The molecule has 3 atom stereocenters. The third kappa shape index (κ3) is 5.32. The maximum absolute atomic E-state index is 15.1. The van der Waals surface area contributed by atoms with Gasteiger partial charge in [-0.25, -0.2) is 13.9 Å². The van der Waals surface area contributed by atoms with E-state index in [4.69, 9.17) is 13.6 Å². The van der Waals surface area contributed by atoms with E-state index in [1.54, 1.807) is 18.6 Å². The molecule has 1 aromatic heterocycles. The Morgan fingerprint density at radius 2 is 1.53 bits per heavy atom. The largest absolute Gasteiger partial charge is 0.475 e. The predicted octanol–water partition coefficient (Wildman–Crippen LogP) is 8.30. The van der Waals surface area contributed by atoms with Crippen LogP contribution in [-0.2, 0) is 36.1 Å². The van der Waals surface area contributed by atoms with Crippen LogP contribution in [0.15, 0.2) is 91.4 Å². The summed E-state index contributed by atoms with van der Waals surface area (Å²) >= 11 is 0. The number of ketones is 1. The highest BCUT2D eigenvalue weighted by atomic mass is 31.2. The van der Waals surface area contributed by atoms with Crippen molar-refractivity contribution in [1.82, 2.24) is 9.55 Å². The number of fused-ring (bicyclic) bond motifs is 3. The zero-order valence-electron chi connectivity index (χ0n) is 25.0. The molecule has 0 spiro atoms. The summed E-state index contributed by atoms with van der Waals surface area (Å²) in [5, 5.41) is 0. The number of hydrogen-bond donors (Lipinski definition) is 0. The van der Waals surface area contributed by atoms with Crippen LogP contribution in [0.1, 0.15) is 61.3 Å². The van der Waals surface area contributed by atoms with E-state index in [1.807, 2.05) is 71.3 Å². The molecule has 4 fully saturated rings. The first-order valence-electron chi connectivity index (χ1n) is 15.9. The Morgan fingerprint density at radius 1 is 0.889 bits per heavy atom. The smallest absolute Gasteiger partial charge is 0.322 e. The molecule has 3 unspecified atom stereocenters. The topological polar surface area (TPSA) is 79.7 Å². The van der Waals surface area contributed by atoms with Crippen molar-refractivity contribution in [3.63, 3.8) is 0 Å². The minimum atomic E-state index is -3.96. The van der Waals surface area contributed by atoms with Gasteiger partial charge in [-0.1, -0.05) is 72.8 Å². The highest BCUT2D eigenvalue weighted by molar-refractivity contribution is 7.48. The quantitative estimate of drug-likeness (QED) is 0.156. The molecular weight excluding hydrogens is 590 g/mol. The van der Waals surface area contributed by atoms with E-state index >= 15 is 4.39 Å². The second-order valence-corrected chi connectivity index (χ2v) is 14.9. The molecule has 2 heterocycles. The van der Waals surface area contributed by atoms with Gasteiger partial charge in [0.15, 0.2) is 0 Å². The number of Topliss-reactive ketones (excluding diaryl/α,β-unsaturated/α-hetero) is 1. The average molecular weight is 627 g/mol. The zero-order valence-corrected chi connectivity index (χ0v) is 25.9. The summed E-state index contributed by atoms with van der Waals surface area (Å²) in [4.78, 5) is 18.6. The van der Waals surface area contributed by atoms with Crippen LogP contribution in [0.3, 0.4) is 0 Å².